The molecule has 3 rings (SSSR count). The molecule has 5 nitrogen and oxygen atoms in total. The van der Waals surface area contributed by atoms with Gasteiger partial charge >= 0.3 is 5.69 Å². The normalized spacial score (nSPS) is 11.3. The first-order chi connectivity index (χ1) is 12.9. The molecule has 0 fully saturated rings. The minimum atomic E-state index is -0.368. The van der Waals surface area contributed by atoms with Crippen molar-refractivity contribution in [2.24, 2.45) is 14.1 Å². The highest BCUT2D eigenvalue weighted by atomic mass is 35.5. The molecule has 0 radical (unpaired) electrons. The Morgan fingerprint density at radius 2 is 1.96 bits per heavy atom. The maximum absolute atomic E-state index is 12.9. The molecule has 0 bridgehead atoms. The number of halogens is 1. The smallest absolute Gasteiger partial charge is 0.280 e. The standard InChI is InChI=1S/C20H22ClN3O2S/c1-4-5-8-14-11-22-18-16(19(25)24(3)20(26)23(18)2)17(14)27-12-13-7-6-9-15(21)10-13/h6-7,9-11H,4-5,8,12H2,1-3H3. The number of hydrogen-bond donors (Lipinski definition) is 0. The Kier molecular flexibility index (Phi) is 6.07. The summed E-state index contributed by atoms with van der Waals surface area (Å²) in [7, 11) is 3.16. The summed E-state index contributed by atoms with van der Waals surface area (Å²) in [6.45, 7) is 2.13. The van der Waals surface area contributed by atoms with Gasteiger partial charge < -0.3 is 0 Å². The Balaban J connectivity index is 2.16. The quantitative estimate of drug-likeness (QED) is 0.585. The molecule has 3 aromatic rings. The van der Waals surface area contributed by atoms with Crippen LogP contribution in [-0.4, -0.2) is 14.1 Å². The molecule has 7 heteroatoms. The third kappa shape index (κ3) is 3.96. The van der Waals surface area contributed by atoms with E-state index in [1.165, 1.54) is 11.6 Å². The SMILES string of the molecule is CCCCc1cnc2c(c1SCc1cccc(Cl)c1)c(=O)n(C)c(=O)n2C. The number of nitrogens with zero attached hydrogens (tertiary/aromatic N) is 3. The van der Waals surface area contributed by atoms with Gasteiger partial charge in [-0.3, -0.25) is 13.9 Å². The summed E-state index contributed by atoms with van der Waals surface area (Å²) in [5.74, 6) is 0.685. The van der Waals surface area contributed by atoms with Crippen molar-refractivity contribution in [2.45, 2.75) is 36.8 Å². The van der Waals surface area contributed by atoms with E-state index < -0.39 is 0 Å². The van der Waals surface area contributed by atoms with E-state index >= 15 is 0 Å². The van der Waals surface area contributed by atoms with E-state index in [1.54, 1.807) is 25.0 Å². The molecular formula is C20H22ClN3O2S. The van der Waals surface area contributed by atoms with Gasteiger partial charge in [0.05, 0.1) is 5.39 Å². The second-order valence-corrected chi connectivity index (χ2v) is 7.96. The number of aryl methyl sites for hydroxylation is 2. The fraction of sp³-hybridized carbons (Fsp3) is 0.350. The number of pyridine rings is 1. The Labute approximate surface area is 167 Å². The molecule has 0 atom stereocenters. The van der Waals surface area contributed by atoms with Crippen LogP contribution in [0.15, 0.2) is 44.9 Å². The Morgan fingerprint density at radius 1 is 1.19 bits per heavy atom. The second-order valence-electron chi connectivity index (χ2n) is 6.54. The molecule has 0 amide bonds. The molecule has 142 valence electrons. The van der Waals surface area contributed by atoms with E-state index in [0.717, 1.165) is 39.9 Å². The molecule has 0 aliphatic carbocycles. The van der Waals surface area contributed by atoms with Crippen molar-refractivity contribution in [3.05, 3.63) is 67.4 Å². The average molecular weight is 404 g/mol. The fourth-order valence-electron chi connectivity index (χ4n) is 3.03. The van der Waals surface area contributed by atoms with Gasteiger partial charge in [0.2, 0.25) is 0 Å². The van der Waals surface area contributed by atoms with Crippen molar-refractivity contribution in [2.75, 3.05) is 0 Å². The van der Waals surface area contributed by atoms with Crippen LogP contribution in [0.1, 0.15) is 30.9 Å². The number of unbranched alkanes of at least 4 members (excludes halogenated alkanes) is 1. The van der Waals surface area contributed by atoms with Crippen LogP contribution in [0.2, 0.25) is 5.02 Å². The number of rotatable bonds is 6. The topological polar surface area (TPSA) is 56.9 Å². The van der Waals surface area contributed by atoms with Crippen molar-refractivity contribution >= 4 is 34.4 Å². The first-order valence-corrected chi connectivity index (χ1v) is 10.2. The number of hydrogen-bond acceptors (Lipinski definition) is 4. The highest BCUT2D eigenvalue weighted by molar-refractivity contribution is 7.98. The molecule has 0 aliphatic rings. The van der Waals surface area contributed by atoms with Crippen molar-refractivity contribution in [1.82, 2.24) is 14.1 Å². The van der Waals surface area contributed by atoms with Crippen LogP contribution in [0, 0.1) is 0 Å². The summed E-state index contributed by atoms with van der Waals surface area (Å²) >= 11 is 7.69. The lowest BCUT2D eigenvalue weighted by Gasteiger charge is -2.14. The Bertz CT molecular complexity index is 1100. The van der Waals surface area contributed by atoms with Crippen LogP contribution in [0.25, 0.3) is 11.0 Å². The van der Waals surface area contributed by atoms with Crippen molar-refractivity contribution in [3.8, 4) is 0 Å². The zero-order valence-electron chi connectivity index (χ0n) is 15.7. The minimum Gasteiger partial charge on any atom is -0.280 e. The van der Waals surface area contributed by atoms with Crippen LogP contribution in [0.3, 0.4) is 0 Å². The molecule has 0 saturated heterocycles. The lowest BCUT2D eigenvalue weighted by molar-refractivity contribution is 0.703. The molecule has 27 heavy (non-hydrogen) atoms. The van der Waals surface area contributed by atoms with E-state index in [0.29, 0.717) is 21.8 Å². The highest BCUT2D eigenvalue weighted by Crippen LogP contribution is 2.32. The lowest BCUT2D eigenvalue weighted by Crippen LogP contribution is -2.37. The molecule has 0 N–H and O–H groups in total. The van der Waals surface area contributed by atoms with E-state index in [1.807, 2.05) is 24.3 Å². The third-order valence-electron chi connectivity index (χ3n) is 4.57. The van der Waals surface area contributed by atoms with E-state index in [4.69, 9.17) is 11.6 Å². The summed E-state index contributed by atoms with van der Waals surface area (Å²) in [6, 6.07) is 7.71. The summed E-state index contributed by atoms with van der Waals surface area (Å²) in [6.07, 6.45) is 4.73. The van der Waals surface area contributed by atoms with E-state index in [9.17, 15) is 9.59 Å². The van der Waals surface area contributed by atoms with E-state index in [-0.39, 0.29) is 11.2 Å². The van der Waals surface area contributed by atoms with Crippen LogP contribution >= 0.6 is 23.4 Å². The largest absolute Gasteiger partial charge is 0.332 e. The maximum Gasteiger partial charge on any atom is 0.332 e. The summed E-state index contributed by atoms with van der Waals surface area (Å²) in [5, 5.41) is 1.21. The van der Waals surface area contributed by atoms with Crippen molar-refractivity contribution in [3.63, 3.8) is 0 Å². The molecule has 0 saturated carbocycles. The zero-order chi connectivity index (χ0) is 19.6. The third-order valence-corrected chi connectivity index (χ3v) is 6.03. The zero-order valence-corrected chi connectivity index (χ0v) is 17.2. The van der Waals surface area contributed by atoms with Crippen LogP contribution in [0.4, 0.5) is 0 Å². The number of fused-ring (bicyclic) bond motifs is 1. The fourth-order valence-corrected chi connectivity index (χ4v) is 4.40. The van der Waals surface area contributed by atoms with Gasteiger partial charge in [0.15, 0.2) is 0 Å². The number of benzene rings is 1. The number of thioether (sulfide) groups is 1. The second kappa shape index (κ2) is 8.31. The van der Waals surface area contributed by atoms with Gasteiger partial charge in [-0.2, -0.15) is 0 Å². The van der Waals surface area contributed by atoms with Gasteiger partial charge in [-0.25, -0.2) is 9.78 Å². The first-order valence-electron chi connectivity index (χ1n) is 8.88. The lowest BCUT2D eigenvalue weighted by atomic mass is 10.1. The monoisotopic (exact) mass is 403 g/mol. The molecule has 2 aromatic heterocycles. The average Bonchev–Trinajstić information content (AvgIpc) is 2.67. The van der Waals surface area contributed by atoms with Crippen LogP contribution in [0.5, 0.6) is 0 Å². The number of aromatic nitrogens is 3. The van der Waals surface area contributed by atoms with Gasteiger partial charge in [0, 0.05) is 36.0 Å². The molecule has 2 heterocycles. The van der Waals surface area contributed by atoms with Crippen molar-refractivity contribution < 1.29 is 0 Å². The predicted molar refractivity (Wildman–Crippen MR) is 112 cm³/mol. The van der Waals surface area contributed by atoms with Gasteiger partial charge in [-0.1, -0.05) is 37.1 Å². The van der Waals surface area contributed by atoms with Crippen LogP contribution < -0.4 is 11.2 Å². The molecule has 0 aliphatic heterocycles. The summed E-state index contributed by atoms with van der Waals surface area (Å²) in [5.41, 5.74) is 1.89. The predicted octanol–water partition coefficient (Wildman–Crippen LogP) is 3.92. The molecule has 0 unspecified atom stereocenters. The van der Waals surface area contributed by atoms with Gasteiger partial charge in [-0.05, 0) is 36.1 Å². The van der Waals surface area contributed by atoms with Gasteiger partial charge in [-0.15, -0.1) is 11.8 Å². The molecule has 0 spiro atoms. The maximum atomic E-state index is 12.9. The summed E-state index contributed by atoms with van der Waals surface area (Å²) < 4.78 is 2.58. The minimum absolute atomic E-state index is 0.299. The molecular weight excluding hydrogens is 382 g/mol. The Morgan fingerprint density at radius 3 is 2.67 bits per heavy atom. The van der Waals surface area contributed by atoms with E-state index in [2.05, 4.69) is 11.9 Å². The highest BCUT2D eigenvalue weighted by Gasteiger charge is 2.17. The molecule has 1 aromatic carbocycles. The summed E-state index contributed by atoms with van der Waals surface area (Å²) in [4.78, 5) is 30.5. The van der Waals surface area contributed by atoms with Gasteiger partial charge in [0.1, 0.15) is 5.65 Å². The first kappa shape index (κ1) is 19.7. The van der Waals surface area contributed by atoms with Gasteiger partial charge in [0.25, 0.3) is 5.56 Å². The van der Waals surface area contributed by atoms with Crippen LogP contribution in [-0.2, 0) is 26.3 Å². The Hall–Kier alpha value is -2.05. The van der Waals surface area contributed by atoms with Crippen molar-refractivity contribution in [1.29, 1.82) is 0 Å².